The summed E-state index contributed by atoms with van der Waals surface area (Å²) in [6, 6.07) is 52.0. The Kier molecular flexibility index (Phi) is 5.60. The summed E-state index contributed by atoms with van der Waals surface area (Å²) in [7, 11) is 0. The Balaban J connectivity index is 1.11. The lowest BCUT2D eigenvalue weighted by molar-refractivity contribution is 0.663. The number of hydrogen-bond donors (Lipinski definition) is 0. The summed E-state index contributed by atoms with van der Waals surface area (Å²) in [6.07, 6.45) is 0. The number of rotatable bonds is 4. The molecule has 0 saturated carbocycles. The van der Waals surface area contributed by atoms with E-state index < -0.39 is 0 Å². The van der Waals surface area contributed by atoms with E-state index in [0.29, 0.717) is 17.5 Å². The largest absolute Gasteiger partial charge is 0.456 e. The minimum atomic E-state index is 0.578. The topological polar surface area (TPSA) is 65.0 Å². The SMILES string of the molecule is c1ccc(-c2ccc(-c3nc(-c4ccccc4)nc(-c4ccc5c(c4)oc4cc6c7ccccc7c7cccc8oc(c45)c6c87)n3)cc2)cc1. The summed E-state index contributed by atoms with van der Waals surface area (Å²) in [6.45, 7) is 0. The molecule has 0 spiro atoms. The number of fused-ring (bicyclic) bond motifs is 7. The molecule has 0 fully saturated rings. The van der Waals surface area contributed by atoms with Gasteiger partial charge in [-0.3, -0.25) is 0 Å². The van der Waals surface area contributed by atoms with Gasteiger partial charge in [0.05, 0.1) is 5.39 Å². The molecule has 0 amide bonds. The van der Waals surface area contributed by atoms with E-state index in [9.17, 15) is 0 Å². The van der Waals surface area contributed by atoms with Crippen molar-refractivity contribution in [2.75, 3.05) is 0 Å². The third-order valence-electron chi connectivity index (χ3n) is 9.89. The molecule has 5 nitrogen and oxygen atoms in total. The maximum Gasteiger partial charge on any atom is 0.164 e. The first-order chi connectivity index (χ1) is 24.8. The molecule has 3 aromatic heterocycles. The minimum absolute atomic E-state index is 0.578. The molecule has 232 valence electrons. The predicted molar refractivity (Wildman–Crippen MR) is 202 cm³/mol. The van der Waals surface area contributed by atoms with Crippen molar-refractivity contribution in [3.63, 3.8) is 0 Å². The summed E-state index contributed by atoms with van der Waals surface area (Å²) >= 11 is 0. The van der Waals surface area contributed by atoms with Crippen LogP contribution in [-0.2, 0) is 0 Å². The highest BCUT2D eigenvalue weighted by Crippen LogP contribution is 2.47. The van der Waals surface area contributed by atoms with Crippen molar-refractivity contribution < 1.29 is 8.83 Å². The average molecular weight is 640 g/mol. The van der Waals surface area contributed by atoms with Gasteiger partial charge >= 0.3 is 0 Å². The summed E-state index contributed by atoms with van der Waals surface area (Å²) in [5.41, 5.74) is 8.27. The molecule has 0 unspecified atom stereocenters. The van der Waals surface area contributed by atoms with Gasteiger partial charge in [-0.25, -0.2) is 15.0 Å². The number of benzene rings is 8. The van der Waals surface area contributed by atoms with Crippen LogP contribution in [0, 0.1) is 0 Å². The van der Waals surface area contributed by atoms with Crippen LogP contribution < -0.4 is 0 Å². The van der Waals surface area contributed by atoms with Gasteiger partial charge < -0.3 is 8.83 Å². The Morgan fingerprint density at radius 1 is 0.300 bits per heavy atom. The van der Waals surface area contributed by atoms with Crippen LogP contribution in [0.3, 0.4) is 0 Å². The van der Waals surface area contributed by atoms with E-state index in [4.69, 9.17) is 23.8 Å². The molecule has 5 heteroatoms. The lowest BCUT2D eigenvalue weighted by atomic mass is 9.93. The second-order valence-corrected chi connectivity index (χ2v) is 12.8. The molecule has 11 aromatic rings. The summed E-state index contributed by atoms with van der Waals surface area (Å²) in [5.74, 6) is 1.80. The van der Waals surface area contributed by atoms with E-state index in [0.717, 1.165) is 77.1 Å². The normalized spacial score (nSPS) is 12.0. The molecule has 0 aliphatic carbocycles. The highest BCUT2D eigenvalue weighted by molar-refractivity contribution is 6.37. The lowest BCUT2D eigenvalue weighted by Crippen LogP contribution is -2.00. The van der Waals surface area contributed by atoms with Crippen molar-refractivity contribution in [1.82, 2.24) is 15.0 Å². The van der Waals surface area contributed by atoms with Crippen LogP contribution in [0.5, 0.6) is 0 Å². The third kappa shape index (κ3) is 3.98. The first kappa shape index (κ1) is 27.1. The Morgan fingerprint density at radius 3 is 1.60 bits per heavy atom. The second kappa shape index (κ2) is 10.3. The molecule has 0 aliphatic heterocycles. The lowest BCUT2D eigenvalue weighted by Gasteiger charge is -2.09. The molecule has 0 N–H and O–H groups in total. The van der Waals surface area contributed by atoms with Gasteiger partial charge in [0.1, 0.15) is 22.3 Å². The summed E-state index contributed by atoms with van der Waals surface area (Å²) in [5, 5.41) is 9.00. The van der Waals surface area contributed by atoms with Crippen molar-refractivity contribution in [1.29, 1.82) is 0 Å². The molecule has 11 rings (SSSR count). The molecule has 0 radical (unpaired) electrons. The smallest absolute Gasteiger partial charge is 0.164 e. The van der Waals surface area contributed by atoms with Crippen LogP contribution in [0.4, 0.5) is 0 Å². The maximum atomic E-state index is 6.65. The Hall–Kier alpha value is -6.85. The standard InChI is InChI=1S/C45H25N3O2/c1-3-10-26(11-4-1)27-18-20-29(21-19-27)44-46-43(28-12-5-2-6-13-28)47-45(48-44)30-22-23-34-37(24-30)49-38-25-35-32-15-8-7-14-31(32)33-16-9-17-36-39(33)41(35)42(50-36)40(34)38/h1-25H. The number of aromatic nitrogens is 3. The van der Waals surface area contributed by atoms with Gasteiger partial charge in [0.15, 0.2) is 17.5 Å². The number of nitrogens with zero attached hydrogens (tertiary/aromatic N) is 3. The van der Waals surface area contributed by atoms with Crippen LogP contribution in [0.15, 0.2) is 160 Å². The summed E-state index contributed by atoms with van der Waals surface area (Å²) in [4.78, 5) is 14.9. The first-order valence-electron chi connectivity index (χ1n) is 16.7. The van der Waals surface area contributed by atoms with Crippen molar-refractivity contribution in [2.45, 2.75) is 0 Å². The van der Waals surface area contributed by atoms with Crippen molar-refractivity contribution >= 4 is 65.4 Å². The van der Waals surface area contributed by atoms with Crippen LogP contribution >= 0.6 is 0 Å². The maximum absolute atomic E-state index is 6.65. The highest BCUT2D eigenvalue weighted by atomic mass is 16.3. The quantitative estimate of drug-likeness (QED) is 0.179. The van der Waals surface area contributed by atoms with Crippen molar-refractivity contribution in [3.05, 3.63) is 152 Å². The van der Waals surface area contributed by atoms with Gasteiger partial charge in [-0.2, -0.15) is 0 Å². The molecule has 0 atom stereocenters. The fourth-order valence-corrected chi connectivity index (χ4v) is 7.56. The molecule has 0 bridgehead atoms. The molecular formula is C45H25N3O2. The Labute approximate surface area is 285 Å². The molecule has 0 aliphatic rings. The zero-order valence-electron chi connectivity index (χ0n) is 26.6. The minimum Gasteiger partial charge on any atom is -0.456 e. The van der Waals surface area contributed by atoms with Gasteiger partial charge in [0.2, 0.25) is 0 Å². The van der Waals surface area contributed by atoms with Crippen molar-refractivity contribution in [2.24, 2.45) is 0 Å². The van der Waals surface area contributed by atoms with Crippen LogP contribution in [-0.4, -0.2) is 15.0 Å². The second-order valence-electron chi connectivity index (χ2n) is 12.8. The molecule has 0 saturated heterocycles. The van der Waals surface area contributed by atoms with E-state index in [2.05, 4.69) is 109 Å². The molecular weight excluding hydrogens is 615 g/mol. The van der Waals surface area contributed by atoms with Gasteiger partial charge in [-0.1, -0.05) is 127 Å². The number of hydrogen-bond acceptors (Lipinski definition) is 5. The van der Waals surface area contributed by atoms with Crippen LogP contribution in [0.2, 0.25) is 0 Å². The zero-order chi connectivity index (χ0) is 32.8. The van der Waals surface area contributed by atoms with Crippen LogP contribution in [0.25, 0.3) is 111 Å². The van der Waals surface area contributed by atoms with Crippen LogP contribution in [0.1, 0.15) is 0 Å². The molecule has 3 heterocycles. The summed E-state index contributed by atoms with van der Waals surface area (Å²) < 4.78 is 13.3. The third-order valence-corrected chi connectivity index (χ3v) is 9.89. The van der Waals surface area contributed by atoms with Gasteiger partial charge in [-0.05, 0) is 56.9 Å². The monoisotopic (exact) mass is 639 g/mol. The fraction of sp³-hybridized carbons (Fsp3) is 0. The molecule has 50 heavy (non-hydrogen) atoms. The first-order valence-corrected chi connectivity index (χ1v) is 16.7. The predicted octanol–water partition coefficient (Wildman–Crippen LogP) is 12.1. The average Bonchev–Trinajstić information content (AvgIpc) is 3.76. The van der Waals surface area contributed by atoms with E-state index in [1.54, 1.807) is 0 Å². The van der Waals surface area contributed by atoms with Gasteiger partial charge in [0, 0.05) is 32.8 Å². The highest BCUT2D eigenvalue weighted by Gasteiger charge is 2.23. The fourth-order valence-electron chi connectivity index (χ4n) is 7.56. The van der Waals surface area contributed by atoms with E-state index in [1.807, 2.05) is 42.5 Å². The van der Waals surface area contributed by atoms with E-state index in [-0.39, 0.29) is 0 Å². The van der Waals surface area contributed by atoms with Gasteiger partial charge in [0.25, 0.3) is 0 Å². The Morgan fingerprint density at radius 2 is 0.860 bits per heavy atom. The number of furan rings is 2. The van der Waals surface area contributed by atoms with Crippen molar-refractivity contribution in [3.8, 4) is 45.3 Å². The van der Waals surface area contributed by atoms with E-state index in [1.165, 1.54) is 16.2 Å². The van der Waals surface area contributed by atoms with Gasteiger partial charge in [-0.15, -0.1) is 0 Å². The zero-order valence-corrected chi connectivity index (χ0v) is 26.6. The Bertz CT molecular complexity index is 3070. The molecule has 8 aromatic carbocycles. The van der Waals surface area contributed by atoms with E-state index >= 15 is 0 Å².